The number of benzene rings is 1. The number of amides is 2. The molecular weight excluding hydrogens is 350 g/mol. The van der Waals surface area contributed by atoms with E-state index in [4.69, 9.17) is 4.74 Å². The number of piperazine rings is 1. The summed E-state index contributed by atoms with van der Waals surface area (Å²) < 4.78 is 5.11. The predicted molar refractivity (Wildman–Crippen MR) is 99.0 cm³/mol. The summed E-state index contributed by atoms with van der Waals surface area (Å²) in [6.07, 6.45) is 1.07. The first kappa shape index (κ1) is 20.3. The van der Waals surface area contributed by atoms with Crippen LogP contribution in [0.25, 0.3) is 0 Å². The molecule has 1 heterocycles. The van der Waals surface area contributed by atoms with Gasteiger partial charge in [0, 0.05) is 38.5 Å². The normalized spacial score (nSPS) is 13.6. The van der Waals surface area contributed by atoms with Crippen LogP contribution in [0.3, 0.4) is 0 Å². The van der Waals surface area contributed by atoms with Crippen molar-refractivity contribution >= 4 is 35.5 Å². The molecule has 0 saturated carbocycles. The van der Waals surface area contributed by atoms with Gasteiger partial charge in [0.2, 0.25) is 0 Å². The summed E-state index contributed by atoms with van der Waals surface area (Å²) in [6, 6.07) is 7.15. The molecule has 1 saturated heterocycles. The number of nitrogens with zero attached hydrogens (tertiary/aromatic N) is 1. The molecule has 0 unspecified atom stereocenters. The minimum Gasteiger partial charge on any atom is -0.410 e. The molecular formula is C16H22ClN3O3S. The van der Waals surface area contributed by atoms with Gasteiger partial charge in [-0.25, -0.2) is 4.79 Å². The number of carbonyl (C=O) groups is 2. The Kier molecular flexibility index (Phi) is 9.29. The van der Waals surface area contributed by atoms with Gasteiger partial charge in [0.25, 0.3) is 5.24 Å². The number of carbonyl (C=O) groups excluding carboxylic acids is 2. The fourth-order valence-electron chi connectivity index (χ4n) is 2.04. The van der Waals surface area contributed by atoms with Crippen LogP contribution in [0.1, 0.15) is 5.56 Å². The standard InChI is InChI=1S/C16H21N3O3S.ClH/c1-2-7-18-15(20)22-14-5-3-13(4-6-14)12-23-16(21)19-10-8-17-9-11-19;/h2-6,17H,1,7-12H2,(H,18,20);1H. The second-order valence-electron chi connectivity index (χ2n) is 4.99. The van der Waals surface area contributed by atoms with Gasteiger partial charge in [-0.2, -0.15) is 0 Å². The molecule has 0 aromatic heterocycles. The average molecular weight is 372 g/mol. The molecule has 24 heavy (non-hydrogen) atoms. The fourth-order valence-corrected chi connectivity index (χ4v) is 2.88. The Bertz CT molecular complexity index is 548. The summed E-state index contributed by atoms with van der Waals surface area (Å²) in [6.45, 7) is 7.11. The van der Waals surface area contributed by atoms with Crippen molar-refractivity contribution in [1.29, 1.82) is 0 Å². The highest BCUT2D eigenvalue weighted by molar-refractivity contribution is 8.12. The van der Waals surface area contributed by atoms with E-state index >= 15 is 0 Å². The van der Waals surface area contributed by atoms with E-state index in [2.05, 4.69) is 17.2 Å². The maximum Gasteiger partial charge on any atom is 0.412 e. The highest BCUT2D eigenvalue weighted by atomic mass is 35.5. The van der Waals surface area contributed by atoms with Gasteiger partial charge in [0.05, 0.1) is 0 Å². The third kappa shape index (κ3) is 6.82. The highest BCUT2D eigenvalue weighted by Crippen LogP contribution is 2.19. The van der Waals surface area contributed by atoms with Gasteiger partial charge >= 0.3 is 6.09 Å². The van der Waals surface area contributed by atoms with Gasteiger partial charge in [-0.15, -0.1) is 19.0 Å². The van der Waals surface area contributed by atoms with E-state index in [0.717, 1.165) is 31.7 Å². The van der Waals surface area contributed by atoms with Gasteiger partial charge in [0.1, 0.15) is 5.75 Å². The zero-order valence-corrected chi connectivity index (χ0v) is 15.0. The first-order valence-corrected chi connectivity index (χ1v) is 8.45. The van der Waals surface area contributed by atoms with Gasteiger partial charge in [-0.1, -0.05) is 30.0 Å². The third-order valence-electron chi connectivity index (χ3n) is 3.26. The van der Waals surface area contributed by atoms with E-state index in [9.17, 15) is 9.59 Å². The molecule has 1 fully saturated rings. The average Bonchev–Trinajstić information content (AvgIpc) is 2.60. The van der Waals surface area contributed by atoms with Crippen LogP contribution < -0.4 is 15.4 Å². The lowest BCUT2D eigenvalue weighted by Gasteiger charge is -2.26. The maximum atomic E-state index is 12.1. The van der Waals surface area contributed by atoms with E-state index in [-0.39, 0.29) is 17.6 Å². The van der Waals surface area contributed by atoms with Crippen molar-refractivity contribution in [1.82, 2.24) is 15.5 Å². The van der Waals surface area contributed by atoms with Crippen LogP contribution >= 0.6 is 24.2 Å². The van der Waals surface area contributed by atoms with Crippen LogP contribution in [0, 0.1) is 0 Å². The molecule has 2 amide bonds. The number of rotatable bonds is 5. The Balaban J connectivity index is 0.00000288. The number of hydrogen-bond acceptors (Lipinski definition) is 5. The Hall–Kier alpha value is -1.70. The van der Waals surface area contributed by atoms with Crippen LogP contribution in [0.15, 0.2) is 36.9 Å². The number of halogens is 1. The van der Waals surface area contributed by atoms with E-state index < -0.39 is 6.09 Å². The Morgan fingerprint density at radius 2 is 1.96 bits per heavy atom. The summed E-state index contributed by atoms with van der Waals surface area (Å²) in [5, 5.41) is 5.86. The van der Waals surface area contributed by atoms with Crippen molar-refractivity contribution in [2.75, 3.05) is 32.7 Å². The lowest BCUT2D eigenvalue weighted by molar-refractivity contribution is 0.201. The molecule has 132 valence electrons. The number of ether oxygens (including phenoxy) is 1. The lowest BCUT2D eigenvalue weighted by atomic mass is 10.2. The summed E-state index contributed by atoms with van der Waals surface area (Å²) >= 11 is 1.29. The van der Waals surface area contributed by atoms with Gasteiger partial charge < -0.3 is 20.3 Å². The van der Waals surface area contributed by atoms with Crippen molar-refractivity contribution < 1.29 is 14.3 Å². The molecule has 0 bridgehead atoms. The van der Waals surface area contributed by atoms with Crippen molar-refractivity contribution in [2.24, 2.45) is 0 Å². The summed E-state index contributed by atoms with van der Waals surface area (Å²) in [5.41, 5.74) is 1.01. The molecule has 0 atom stereocenters. The van der Waals surface area contributed by atoms with Gasteiger partial charge in [-0.3, -0.25) is 4.79 Å². The van der Waals surface area contributed by atoms with Crippen LogP contribution in [0.4, 0.5) is 9.59 Å². The molecule has 1 aromatic rings. The van der Waals surface area contributed by atoms with Crippen molar-refractivity contribution in [2.45, 2.75) is 5.75 Å². The SMILES string of the molecule is C=CCNC(=O)Oc1ccc(CSC(=O)N2CCNCC2)cc1.Cl. The van der Waals surface area contributed by atoms with Crippen molar-refractivity contribution in [3.8, 4) is 5.75 Å². The van der Waals surface area contributed by atoms with E-state index in [1.807, 2.05) is 17.0 Å². The highest BCUT2D eigenvalue weighted by Gasteiger charge is 2.16. The quantitative estimate of drug-likeness (QED) is 0.778. The fraction of sp³-hybridized carbons (Fsp3) is 0.375. The number of hydrogen-bond donors (Lipinski definition) is 2. The lowest BCUT2D eigenvalue weighted by Crippen LogP contribution is -2.45. The molecule has 0 aliphatic carbocycles. The molecule has 0 spiro atoms. The summed E-state index contributed by atoms with van der Waals surface area (Å²) in [5.74, 6) is 1.07. The third-order valence-corrected chi connectivity index (χ3v) is 4.24. The molecule has 8 heteroatoms. The molecule has 6 nitrogen and oxygen atoms in total. The number of thioether (sulfide) groups is 1. The second-order valence-corrected chi connectivity index (χ2v) is 5.92. The Morgan fingerprint density at radius 3 is 2.58 bits per heavy atom. The van der Waals surface area contributed by atoms with E-state index in [0.29, 0.717) is 18.0 Å². The van der Waals surface area contributed by atoms with E-state index in [1.54, 1.807) is 18.2 Å². The monoisotopic (exact) mass is 371 g/mol. The molecule has 1 aliphatic rings. The molecule has 0 radical (unpaired) electrons. The Morgan fingerprint density at radius 1 is 1.29 bits per heavy atom. The van der Waals surface area contributed by atoms with E-state index in [1.165, 1.54) is 11.8 Å². The zero-order chi connectivity index (χ0) is 16.5. The van der Waals surface area contributed by atoms with Crippen LogP contribution in [-0.2, 0) is 5.75 Å². The zero-order valence-electron chi connectivity index (χ0n) is 13.3. The topological polar surface area (TPSA) is 70.7 Å². The molecule has 2 N–H and O–H groups in total. The first-order chi connectivity index (χ1) is 11.2. The van der Waals surface area contributed by atoms with Crippen LogP contribution in [-0.4, -0.2) is 49.0 Å². The Labute approximate surface area is 152 Å². The van der Waals surface area contributed by atoms with Gasteiger partial charge in [0.15, 0.2) is 0 Å². The maximum absolute atomic E-state index is 12.1. The summed E-state index contributed by atoms with van der Waals surface area (Å²) in [7, 11) is 0. The van der Waals surface area contributed by atoms with Gasteiger partial charge in [-0.05, 0) is 17.7 Å². The second kappa shape index (κ2) is 11.0. The predicted octanol–water partition coefficient (Wildman–Crippen LogP) is 2.64. The summed E-state index contributed by atoms with van der Waals surface area (Å²) in [4.78, 5) is 25.3. The van der Waals surface area contributed by atoms with Crippen LogP contribution in [0.5, 0.6) is 5.75 Å². The molecule has 2 rings (SSSR count). The van der Waals surface area contributed by atoms with Crippen LogP contribution in [0.2, 0.25) is 0 Å². The smallest absolute Gasteiger partial charge is 0.410 e. The minimum absolute atomic E-state index is 0. The largest absolute Gasteiger partial charge is 0.412 e. The first-order valence-electron chi connectivity index (χ1n) is 7.47. The minimum atomic E-state index is -0.513. The van der Waals surface area contributed by atoms with Crippen molar-refractivity contribution in [3.05, 3.63) is 42.5 Å². The molecule has 1 aromatic carbocycles. The molecule has 1 aliphatic heterocycles. The van der Waals surface area contributed by atoms with Crippen molar-refractivity contribution in [3.63, 3.8) is 0 Å². The number of nitrogens with one attached hydrogen (secondary N) is 2.